The molecule has 3 rings (SSSR count). The molecule has 2 heteroatoms. The molecule has 0 bridgehead atoms. The maximum absolute atomic E-state index is 12.0. The van der Waals surface area contributed by atoms with Crippen molar-refractivity contribution in [2.24, 2.45) is 0 Å². The number of fused-ring (bicyclic) bond motifs is 1. The molecule has 1 aliphatic rings. The van der Waals surface area contributed by atoms with Crippen LogP contribution in [0.1, 0.15) is 35.2 Å². The quantitative estimate of drug-likeness (QED) is 0.868. The van der Waals surface area contributed by atoms with Gasteiger partial charge in [-0.2, -0.15) is 0 Å². The lowest BCUT2D eigenvalue weighted by molar-refractivity contribution is 0.0940. The van der Waals surface area contributed by atoms with Crippen molar-refractivity contribution >= 4 is 5.91 Å². The van der Waals surface area contributed by atoms with Gasteiger partial charge in [0.15, 0.2) is 0 Å². The fourth-order valence-electron chi connectivity index (χ4n) is 2.70. The van der Waals surface area contributed by atoms with Gasteiger partial charge in [0.1, 0.15) is 0 Å². The monoisotopic (exact) mass is 251 g/mol. The van der Waals surface area contributed by atoms with Gasteiger partial charge in [-0.3, -0.25) is 4.79 Å². The molecule has 2 nitrogen and oxygen atoms in total. The van der Waals surface area contributed by atoms with Crippen LogP contribution in [0.4, 0.5) is 0 Å². The number of nitrogens with one attached hydrogen (secondary N) is 1. The third-order valence-electron chi connectivity index (χ3n) is 3.85. The minimum atomic E-state index is 0.0532. The Morgan fingerprint density at radius 2 is 1.89 bits per heavy atom. The Balaban J connectivity index is 2.08. The SMILES string of the molecule is CCC1CNC(=O)c2cc(-c3ccccc3)ccc21. The van der Waals surface area contributed by atoms with E-state index in [0.29, 0.717) is 5.92 Å². The van der Waals surface area contributed by atoms with E-state index < -0.39 is 0 Å². The summed E-state index contributed by atoms with van der Waals surface area (Å²) < 4.78 is 0. The summed E-state index contributed by atoms with van der Waals surface area (Å²) in [6.07, 6.45) is 1.05. The standard InChI is InChI=1S/C17H17NO/c1-2-12-11-18-17(19)16-10-14(8-9-15(12)16)13-6-4-3-5-7-13/h3-10,12H,2,11H2,1H3,(H,18,19). The molecule has 0 fully saturated rings. The fraction of sp³-hybridized carbons (Fsp3) is 0.235. The largest absolute Gasteiger partial charge is 0.351 e. The third kappa shape index (κ3) is 2.14. The molecule has 1 amide bonds. The predicted molar refractivity (Wildman–Crippen MR) is 77.2 cm³/mol. The molecule has 1 unspecified atom stereocenters. The molecule has 19 heavy (non-hydrogen) atoms. The molecule has 2 aromatic carbocycles. The van der Waals surface area contributed by atoms with E-state index >= 15 is 0 Å². The van der Waals surface area contributed by atoms with Gasteiger partial charge in [0.2, 0.25) is 0 Å². The van der Waals surface area contributed by atoms with Crippen molar-refractivity contribution in [2.45, 2.75) is 19.3 Å². The highest BCUT2D eigenvalue weighted by atomic mass is 16.1. The minimum Gasteiger partial charge on any atom is -0.351 e. The molecule has 2 aromatic rings. The topological polar surface area (TPSA) is 29.1 Å². The molecule has 0 saturated carbocycles. The minimum absolute atomic E-state index is 0.0532. The number of carbonyl (C=O) groups is 1. The first-order valence-electron chi connectivity index (χ1n) is 6.77. The Morgan fingerprint density at radius 3 is 2.63 bits per heavy atom. The summed E-state index contributed by atoms with van der Waals surface area (Å²) >= 11 is 0. The van der Waals surface area contributed by atoms with Crippen LogP contribution in [0.15, 0.2) is 48.5 Å². The lowest BCUT2D eigenvalue weighted by atomic mass is 9.87. The zero-order valence-corrected chi connectivity index (χ0v) is 11.0. The molecule has 0 aliphatic carbocycles. The molecule has 96 valence electrons. The van der Waals surface area contributed by atoms with E-state index in [1.54, 1.807) is 0 Å². The molecule has 1 atom stereocenters. The van der Waals surface area contributed by atoms with E-state index in [2.05, 4.69) is 36.5 Å². The third-order valence-corrected chi connectivity index (χ3v) is 3.85. The van der Waals surface area contributed by atoms with Crippen molar-refractivity contribution in [1.82, 2.24) is 5.32 Å². The Morgan fingerprint density at radius 1 is 1.11 bits per heavy atom. The lowest BCUT2D eigenvalue weighted by Crippen LogP contribution is -2.34. The highest BCUT2D eigenvalue weighted by Gasteiger charge is 2.24. The van der Waals surface area contributed by atoms with Crippen LogP contribution in [0.3, 0.4) is 0 Å². The maximum atomic E-state index is 12.0. The van der Waals surface area contributed by atoms with E-state index in [4.69, 9.17) is 0 Å². The molecule has 1 heterocycles. The summed E-state index contributed by atoms with van der Waals surface area (Å²) in [6.45, 7) is 2.92. The average Bonchev–Trinajstić information content (AvgIpc) is 2.48. The first-order chi connectivity index (χ1) is 9.29. The molecular formula is C17H17NO. The van der Waals surface area contributed by atoms with Crippen LogP contribution >= 0.6 is 0 Å². The zero-order valence-electron chi connectivity index (χ0n) is 11.0. The van der Waals surface area contributed by atoms with E-state index in [0.717, 1.165) is 29.7 Å². The van der Waals surface area contributed by atoms with Crippen LogP contribution in [0.5, 0.6) is 0 Å². The number of hydrogen-bond donors (Lipinski definition) is 1. The molecule has 1 aliphatic heterocycles. The van der Waals surface area contributed by atoms with E-state index in [1.165, 1.54) is 5.56 Å². The summed E-state index contributed by atoms with van der Waals surface area (Å²) in [7, 11) is 0. The second-order valence-corrected chi connectivity index (χ2v) is 4.98. The van der Waals surface area contributed by atoms with Crippen molar-refractivity contribution in [3.8, 4) is 11.1 Å². The zero-order chi connectivity index (χ0) is 13.2. The van der Waals surface area contributed by atoms with Crippen LogP contribution in [0.25, 0.3) is 11.1 Å². The van der Waals surface area contributed by atoms with Gasteiger partial charge in [0.25, 0.3) is 5.91 Å². The number of amides is 1. The smallest absolute Gasteiger partial charge is 0.251 e. The van der Waals surface area contributed by atoms with Crippen LogP contribution in [-0.4, -0.2) is 12.5 Å². The Bertz CT molecular complexity index is 604. The Hall–Kier alpha value is -2.09. The maximum Gasteiger partial charge on any atom is 0.251 e. The number of benzene rings is 2. The van der Waals surface area contributed by atoms with Crippen molar-refractivity contribution in [1.29, 1.82) is 0 Å². The van der Waals surface area contributed by atoms with Gasteiger partial charge in [-0.1, -0.05) is 49.4 Å². The summed E-state index contributed by atoms with van der Waals surface area (Å²) in [5, 5.41) is 2.98. The first kappa shape index (κ1) is 12.0. The highest BCUT2D eigenvalue weighted by Crippen LogP contribution is 2.30. The fourth-order valence-corrected chi connectivity index (χ4v) is 2.70. The molecular weight excluding hydrogens is 234 g/mol. The van der Waals surface area contributed by atoms with Crippen molar-refractivity contribution in [3.63, 3.8) is 0 Å². The first-order valence-corrected chi connectivity index (χ1v) is 6.77. The van der Waals surface area contributed by atoms with Crippen molar-refractivity contribution in [3.05, 3.63) is 59.7 Å². The number of rotatable bonds is 2. The summed E-state index contributed by atoms with van der Waals surface area (Å²) in [5.74, 6) is 0.495. The van der Waals surface area contributed by atoms with Crippen LogP contribution in [0, 0.1) is 0 Å². The molecule has 1 N–H and O–H groups in total. The van der Waals surface area contributed by atoms with Crippen LogP contribution in [0.2, 0.25) is 0 Å². The lowest BCUT2D eigenvalue weighted by Gasteiger charge is -2.25. The van der Waals surface area contributed by atoms with E-state index in [9.17, 15) is 4.79 Å². The second kappa shape index (κ2) is 4.88. The average molecular weight is 251 g/mol. The van der Waals surface area contributed by atoms with Gasteiger partial charge in [-0.05, 0) is 29.2 Å². The number of hydrogen-bond acceptors (Lipinski definition) is 1. The van der Waals surface area contributed by atoms with E-state index in [-0.39, 0.29) is 5.91 Å². The summed E-state index contributed by atoms with van der Waals surface area (Å²) in [4.78, 5) is 12.0. The molecule has 0 saturated heterocycles. The van der Waals surface area contributed by atoms with Gasteiger partial charge >= 0.3 is 0 Å². The second-order valence-electron chi connectivity index (χ2n) is 4.98. The van der Waals surface area contributed by atoms with Gasteiger partial charge in [-0.15, -0.1) is 0 Å². The van der Waals surface area contributed by atoms with Crippen molar-refractivity contribution < 1.29 is 4.79 Å². The van der Waals surface area contributed by atoms with Crippen LogP contribution in [-0.2, 0) is 0 Å². The van der Waals surface area contributed by atoms with Gasteiger partial charge < -0.3 is 5.32 Å². The van der Waals surface area contributed by atoms with E-state index in [1.807, 2.05) is 24.3 Å². The number of carbonyl (C=O) groups excluding carboxylic acids is 1. The van der Waals surface area contributed by atoms with Gasteiger partial charge in [0.05, 0.1) is 0 Å². The highest BCUT2D eigenvalue weighted by molar-refractivity contribution is 5.98. The van der Waals surface area contributed by atoms with Gasteiger partial charge in [0, 0.05) is 18.0 Å². The molecule has 0 radical (unpaired) electrons. The molecule has 0 aromatic heterocycles. The Labute approximate surface area is 113 Å². The van der Waals surface area contributed by atoms with Gasteiger partial charge in [-0.25, -0.2) is 0 Å². The van der Waals surface area contributed by atoms with Crippen molar-refractivity contribution in [2.75, 3.05) is 6.54 Å². The summed E-state index contributed by atoms with van der Waals surface area (Å²) in [6, 6.07) is 16.4. The van der Waals surface area contributed by atoms with Crippen LogP contribution < -0.4 is 5.32 Å². The summed E-state index contributed by atoms with van der Waals surface area (Å²) in [5.41, 5.74) is 4.27. The normalized spacial score (nSPS) is 17.7. The Kier molecular flexibility index (Phi) is 3.08. The predicted octanol–water partition coefficient (Wildman–Crippen LogP) is 3.59. The molecule has 0 spiro atoms.